The van der Waals surface area contributed by atoms with Gasteiger partial charge in [0.25, 0.3) is 0 Å². The predicted molar refractivity (Wildman–Crippen MR) is 279 cm³/mol. The number of aromatic nitrogens is 16. The molecule has 3 fully saturated rings. The van der Waals surface area contributed by atoms with Gasteiger partial charge in [-0.25, -0.2) is 19.0 Å². The molecule has 74 heavy (non-hydrogen) atoms. The van der Waals surface area contributed by atoms with E-state index in [-0.39, 0.29) is 53.8 Å². The molecular formula is C50H54BBrN18O4. The molecule has 11 heterocycles. The van der Waals surface area contributed by atoms with Crippen LogP contribution >= 0.6 is 15.9 Å². The van der Waals surface area contributed by atoms with E-state index in [1.165, 1.54) is 0 Å². The maximum atomic E-state index is 12.0. The number of hydrogen-bond acceptors (Lipinski definition) is 14. The van der Waals surface area contributed by atoms with Crippen LogP contribution in [0.2, 0.25) is 0 Å². The molecule has 2 unspecified atom stereocenters. The van der Waals surface area contributed by atoms with Crippen LogP contribution in [0.1, 0.15) is 102 Å². The Morgan fingerprint density at radius 3 is 1.58 bits per heavy atom. The van der Waals surface area contributed by atoms with Gasteiger partial charge < -0.3 is 19.9 Å². The van der Waals surface area contributed by atoms with E-state index in [9.17, 15) is 9.59 Å². The Morgan fingerprint density at radius 1 is 0.608 bits per heavy atom. The molecule has 24 heteroatoms. The monoisotopic (exact) mass is 1060 g/mol. The summed E-state index contributed by atoms with van der Waals surface area (Å²) in [6.45, 7) is 12.3. The van der Waals surface area contributed by atoms with E-state index >= 15 is 0 Å². The number of halogens is 1. The number of carbonyl (C=O) groups excluding carboxylic acids is 2. The maximum absolute atomic E-state index is 12.0. The molecule has 3 aliphatic rings. The molecule has 2 amide bonds. The van der Waals surface area contributed by atoms with Gasteiger partial charge in [0.1, 0.15) is 11.6 Å². The van der Waals surface area contributed by atoms with Crippen molar-refractivity contribution in [2.24, 2.45) is 25.9 Å². The summed E-state index contributed by atoms with van der Waals surface area (Å²) >= 11 is 3.49. The number of imidazole rings is 2. The first-order valence-electron chi connectivity index (χ1n) is 24.5. The number of nitrogens with zero attached hydrogens (tertiary/aromatic N) is 16. The molecule has 378 valence electrons. The van der Waals surface area contributed by atoms with Crippen LogP contribution in [-0.2, 0) is 33.0 Å². The molecule has 0 bridgehead atoms. The fraction of sp³-hybridized carbons (Fsp3) is 0.360. The first kappa shape index (κ1) is 48.6. The molecule has 2 atom stereocenters. The van der Waals surface area contributed by atoms with Crippen molar-refractivity contribution in [2.45, 2.75) is 90.3 Å². The van der Waals surface area contributed by atoms with Crippen LogP contribution < -0.4 is 16.1 Å². The van der Waals surface area contributed by atoms with Gasteiger partial charge in [-0.15, -0.1) is 20.4 Å². The number of aryl methyl sites for hydroxylation is 2. The van der Waals surface area contributed by atoms with Gasteiger partial charge in [-0.1, -0.05) is 0 Å². The molecule has 2 N–H and O–H groups in total. The van der Waals surface area contributed by atoms with Gasteiger partial charge in [-0.2, -0.15) is 20.4 Å². The van der Waals surface area contributed by atoms with Crippen LogP contribution in [0, 0.1) is 11.8 Å². The molecule has 1 saturated heterocycles. The Labute approximate surface area is 433 Å². The van der Waals surface area contributed by atoms with Crippen molar-refractivity contribution in [1.29, 1.82) is 0 Å². The van der Waals surface area contributed by atoms with Crippen LogP contribution in [0.4, 0.5) is 11.6 Å². The zero-order chi connectivity index (χ0) is 51.6. The van der Waals surface area contributed by atoms with Crippen LogP contribution in [0.5, 0.6) is 0 Å². The summed E-state index contributed by atoms with van der Waals surface area (Å²) in [6.07, 6.45) is 18.8. The molecule has 13 rings (SSSR count). The molecule has 2 aliphatic carbocycles. The van der Waals surface area contributed by atoms with E-state index in [0.29, 0.717) is 22.9 Å². The first-order chi connectivity index (χ1) is 35.4. The maximum Gasteiger partial charge on any atom is 0.498 e. The Kier molecular flexibility index (Phi) is 12.5. The van der Waals surface area contributed by atoms with Gasteiger partial charge in [0.15, 0.2) is 34.2 Å². The van der Waals surface area contributed by atoms with E-state index in [4.69, 9.17) is 14.4 Å². The Bertz CT molecular complexity index is 3720. The summed E-state index contributed by atoms with van der Waals surface area (Å²) in [5, 5.41) is 40.8. The van der Waals surface area contributed by atoms with Crippen molar-refractivity contribution in [2.75, 3.05) is 10.6 Å². The van der Waals surface area contributed by atoms with Gasteiger partial charge >= 0.3 is 7.12 Å². The Balaban J connectivity index is 0.000000127. The van der Waals surface area contributed by atoms with Crippen LogP contribution in [0.25, 0.3) is 33.7 Å². The fourth-order valence-corrected chi connectivity index (χ4v) is 8.79. The number of pyridine rings is 2. The minimum Gasteiger partial charge on any atom is -0.399 e. The lowest BCUT2D eigenvalue weighted by atomic mass is 9.82. The topological polar surface area (TPSA) is 233 Å². The zero-order valence-corrected chi connectivity index (χ0v) is 43.7. The summed E-state index contributed by atoms with van der Waals surface area (Å²) < 4.78 is 23.6. The molecule has 10 aromatic heterocycles. The molecule has 2 saturated carbocycles. The summed E-state index contributed by atoms with van der Waals surface area (Å²) in [6, 6.07) is 15.5. The minimum atomic E-state index is -0.302. The van der Waals surface area contributed by atoms with E-state index in [1.54, 1.807) is 37.0 Å². The average Bonchev–Trinajstić information content (AvgIpc) is 3.94. The number of anilines is 2. The summed E-state index contributed by atoms with van der Waals surface area (Å²) in [4.78, 5) is 32.8. The summed E-state index contributed by atoms with van der Waals surface area (Å²) in [5.41, 5.74) is 7.06. The average molecular weight is 1060 g/mol. The van der Waals surface area contributed by atoms with Crippen molar-refractivity contribution in [3.8, 4) is 11.1 Å². The lowest BCUT2D eigenvalue weighted by Gasteiger charge is -2.32. The van der Waals surface area contributed by atoms with Crippen molar-refractivity contribution in [3.63, 3.8) is 0 Å². The minimum absolute atomic E-state index is 0.0290. The van der Waals surface area contributed by atoms with Crippen LogP contribution in [-0.4, -0.2) is 108 Å². The lowest BCUT2D eigenvalue weighted by molar-refractivity contribution is -0.118. The van der Waals surface area contributed by atoms with E-state index in [0.717, 1.165) is 81.1 Å². The third-order valence-electron chi connectivity index (χ3n) is 13.9. The van der Waals surface area contributed by atoms with E-state index in [2.05, 4.69) is 72.2 Å². The molecular weight excluding hydrogens is 1010 g/mol. The largest absolute Gasteiger partial charge is 0.498 e. The fourth-order valence-electron chi connectivity index (χ4n) is 8.45. The van der Waals surface area contributed by atoms with E-state index < -0.39 is 0 Å². The van der Waals surface area contributed by atoms with E-state index in [1.807, 2.05) is 144 Å². The molecule has 10 aromatic rings. The lowest BCUT2D eigenvalue weighted by Crippen LogP contribution is -2.41. The third kappa shape index (κ3) is 9.90. The first-order valence-corrected chi connectivity index (χ1v) is 25.3. The Morgan fingerprint density at radius 2 is 1.09 bits per heavy atom. The number of amides is 2. The number of rotatable bonds is 10. The van der Waals surface area contributed by atoms with Crippen LogP contribution in [0.15, 0.2) is 103 Å². The molecule has 0 radical (unpaired) electrons. The molecule has 0 spiro atoms. The number of nitrogens with one attached hydrogen (secondary N) is 2. The van der Waals surface area contributed by atoms with Crippen molar-refractivity contribution >= 4 is 74.5 Å². The highest BCUT2D eigenvalue weighted by Gasteiger charge is 2.52. The number of fused-ring (bicyclic) bond motifs is 4. The highest BCUT2D eigenvalue weighted by molar-refractivity contribution is 9.10. The van der Waals surface area contributed by atoms with Crippen molar-refractivity contribution < 1.29 is 18.9 Å². The highest BCUT2D eigenvalue weighted by atomic mass is 79.9. The smallest absolute Gasteiger partial charge is 0.399 e. The van der Waals surface area contributed by atoms with Crippen molar-refractivity contribution in [1.82, 2.24) is 78.0 Å². The number of hydrogen-bond donors (Lipinski definition) is 2. The quantitative estimate of drug-likeness (QED) is 0.141. The highest BCUT2D eigenvalue weighted by Crippen LogP contribution is 2.37. The zero-order valence-electron chi connectivity index (χ0n) is 42.1. The predicted octanol–water partition coefficient (Wildman–Crippen LogP) is 6.43. The van der Waals surface area contributed by atoms with Gasteiger partial charge in [0, 0.05) is 78.0 Å². The van der Waals surface area contributed by atoms with Crippen molar-refractivity contribution in [3.05, 3.63) is 126 Å². The molecule has 1 aliphatic heterocycles. The Hall–Kier alpha value is -7.70. The number of carbonyl (C=O) groups is 2. The van der Waals surface area contributed by atoms with Gasteiger partial charge in [-0.05, 0) is 132 Å². The van der Waals surface area contributed by atoms with Crippen LogP contribution in [0.3, 0.4) is 0 Å². The summed E-state index contributed by atoms with van der Waals surface area (Å²) in [7, 11) is 3.48. The normalized spacial score (nSPS) is 16.7. The third-order valence-corrected chi connectivity index (χ3v) is 14.3. The molecule has 22 nitrogen and oxygen atoms in total. The van der Waals surface area contributed by atoms with Gasteiger partial charge in [0.2, 0.25) is 11.8 Å². The second kappa shape index (κ2) is 19.0. The molecule has 0 aromatic carbocycles. The standard InChI is InChI=1S/C22H21N9O.C18H16BrN7O.C10H17BN2O2/c1-13(17-6-8-19-24-18(12-31(19)28-17)25-22(32)14-3-4-14)21-27-26-20-7-5-15(11-30(20)21)16-9-23-29(2)10-16;1-10(17-23-22-16-6-4-12(19)8-25(16)17)13-5-7-15-20-14(9-26(15)24-13)21-18(27)11-2-3-11;1-9(2)10(3,4)15-11(14-9)8-6-12-13(5)7-8/h5-14H,3-4H2,1-2H3,(H,25,32);4-11H,2-3H2,1H3,(H,21,27);6-7H,1-5H3. The SMILES string of the molecule is CC(c1ccc2nc(NC(=O)C3CC3)cn2n1)c1nnc2ccc(-c3cnn(C)c3)cn12.CC(c1ccc2nc(NC(=O)C3CC3)cn2n1)c1nnc2ccc(Br)cn12.Cn1cc(B2OC(C)(C)C(C)(C)O2)cn1. The second-order valence-electron chi connectivity index (χ2n) is 20.1. The summed E-state index contributed by atoms with van der Waals surface area (Å²) in [5.74, 6) is 2.81. The van der Waals surface area contributed by atoms with Gasteiger partial charge in [0.05, 0.1) is 53.0 Å². The van der Waals surface area contributed by atoms with Gasteiger partial charge in [-0.3, -0.25) is 27.8 Å². The second-order valence-corrected chi connectivity index (χ2v) is 21.0.